The van der Waals surface area contributed by atoms with Crippen LogP contribution in [-0.2, 0) is 17.3 Å². The van der Waals surface area contributed by atoms with Gasteiger partial charge in [0.2, 0.25) is 5.95 Å². The fraction of sp³-hybridized carbons (Fsp3) is 0.278. The van der Waals surface area contributed by atoms with Crippen molar-refractivity contribution >= 4 is 27.8 Å². The summed E-state index contributed by atoms with van der Waals surface area (Å²) in [7, 11) is -1.06. The average molecular weight is 343 g/mol. The summed E-state index contributed by atoms with van der Waals surface area (Å²) in [6, 6.07) is 17.3. The number of nitrogens with one attached hydrogen (secondary N) is 1. The number of aliphatic hydroxyl groups excluding tert-OH is 1. The second-order valence-corrected chi connectivity index (χ2v) is 7.24. The minimum atomic E-state index is -1.06. The lowest BCUT2D eigenvalue weighted by Crippen LogP contribution is -2.19. The molecule has 24 heavy (non-hydrogen) atoms. The molecule has 5 nitrogen and oxygen atoms in total. The van der Waals surface area contributed by atoms with Crippen molar-refractivity contribution in [3.63, 3.8) is 0 Å². The van der Waals surface area contributed by atoms with Crippen molar-refractivity contribution in [3.8, 4) is 0 Å². The van der Waals surface area contributed by atoms with Crippen molar-refractivity contribution in [2.75, 3.05) is 17.6 Å². The first-order valence-corrected chi connectivity index (χ1v) is 9.27. The SMILES string of the molecule is C[C@@H](O)CNc1nc2ccccc2n1CC[S@@](=O)c1ccccc1. The van der Waals surface area contributed by atoms with Crippen LogP contribution in [0, 0.1) is 0 Å². The summed E-state index contributed by atoms with van der Waals surface area (Å²) in [6.07, 6.45) is -0.461. The van der Waals surface area contributed by atoms with Gasteiger partial charge in [-0.25, -0.2) is 4.98 Å². The van der Waals surface area contributed by atoms with Crippen molar-refractivity contribution in [1.29, 1.82) is 0 Å². The van der Waals surface area contributed by atoms with Gasteiger partial charge in [0.15, 0.2) is 0 Å². The zero-order valence-electron chi connectivity index (χ0n) is 13.6. The molecule has 0 aliphatic heterocycles. The lowest BCUT2D eigenvalue weighted by atomic mass is 10.3. The summed E-state index contributed by atoms with van der Waals surface area (Å²) in [5.74, 6) is 1.20. The molecule has 0 aliphatic rings. The minimum Gasteiger partial charge on any atom is -0.392 e. The summed E-state index contributed by atoms with van der Waals surface area (Å²) < 4.78 is 14.5. The molecular formula is C18H21N3O2S. The van der Waals surface area contributed by atoms with E-state index >= 15 is 0 Å². The molecule has 3 rings (SSSR count). The number of benzene rings is 2. The minimum absolute atomic E-state index is 0.422. The number of aliphatic hydroxyl groups is 1. The maximum Gasteiger partial charge on any atom is 0.204 e. The zero-order chi connectivity index (χ0) is 16.9. The molecule has 0 saturated carbocycles. The first-order valence-electron chi connectivity index (χ1n) is 7.96. The molecule has 0 fully saturated rings. The Morgan fingerprint density at radius 1 is 1.17 bits per heavy atom. The molecule has 0 amide bonds. The van der Waals surface area contributed by atoms with Gasteiger partial charge in [-0.2, -0.15) is 0 Å². The number of aromatic nitrogens is 2. The van der Waals surface area contributed by atoms with E-state index in [4.69, 9.17) is 0 Å². The monoisotopic (exact) mass is 343 g/mol. The Labute approximate surface area is 143 Å². The average Bonchev–Trinajstić information content (AvgIpc) is 2.96. The van der Waals surface area contributed by atoms with Gasteiger partial charge in [-0.15, -0.1) is 0 Å². The van der Waals surface area contributed by atoms with Gasteiger partial charge in [-0.3, -0.25) is 4.21 Å². The van der Waals surface area contributed by atoms with Crippen LogP contribution in [0.5, 0.6) is 0 Å². The van der Waals surface area contributed by atoms with E-state index in [0.717, 1.165) is 15.9 Å². The summed E-state index contributed by atoms with van der Waals surface area (Å²) in [5, 5.41) is 12.7. The lowest BCUT2D eigenvalue weighted by molar-refractivity contribution is 0.208. The molecule has 2 N–H and O–H groups in total. The number of para-hydroxylation sites is 2. The number of hydrogen-bond acceptors (Lipinski definition) is 4. The lowest BCUT2D eigenvalue weighted by Gasteiger charge is -2.12. The van der Waals surface area contributed by atoms with Gasteiger partial charge in [0.05, 0.1) is 27.9 Å². The Balaban J connectivity index is 1.81. The number of anilines is 1. The topological polar surface area (TPSA) is 67.2 Å². The number of rotatable bonds is 7. The molecule has 3 aromatic rings. The predicted octanol–water partition coefficient (Wildman–Crippen LogP) is 2.64. The third kappa shape index (κ3) is 3.83. The molecule has 2 aromatic carbocycles. The van der Waals surface area contributed by atoms with Gasteiger partial charge in [-0.05, 0) is 31.2 Å². The van der Waals surface area contributed by atoms with E-state index in [2.05, 4.69) is 10.3 Å². The van der Waals surface area contributed by atoms with E-state index in [1.54, 1.807) is 6.92 Å². The van der Waals surface area contributed by atoms with Crippen molar-refractivity contribution in [2.24, 2.45) is 0 Å². The maximum absolute atomic E-state index is 12.5. The standard InChI is InChI=1S/C18H21N3O2S/c1-14(22)13-19-18-20-16-9-5-6-10-17(16)21(18)11-12-24(23)15-7-3-2-4-8-15/h2-10,14,22H,11-13H2,1H3,(H,19,20)/t14-,24-/m1/s1. The highest BCUT2D eigenvalue weighted by Gasteiger charge is 2.12. The number of imidazole rings is 1. The smallest absolute Gasteiger partial charge is 0.204 e. The van der Waals surface area contributed by atoms with Crippen LogP contribution in [0.1, 0.15) is 6.92 Å². The highest BCUT2D eigenvalue weighted by Crippen LogP contribution is 2.20. The van der Waals surface area contributed by atoms with Gasteiger partial charge < -0.3 is 15.0 Å². The van der Waals surface area contributed by atoms with Crippen LogP contribution in [0.2, 0.25) is 0 Å². The van der Waals surface area contributed by atoms with Crippen molar-refractivity contribution in [3.05, 3.63) is 54.6 Å². The molecule has 0 radical (unpaired) electrons. The van der Waals surface area contributed by atoms with Gasteiger partial charge >= 0.3 is 0 Å². The molecule has 0 saturated heterocycles. The van der Waals surface area contributed by atoms with E-state index in [1.807, 2.05) is 59.2 Å². The van der Waals surface area contributed by atoms with E-state index in [-0.39, 0.29) is 0 Å². The van der Waals surface area contributed by atoms with Gasteiger partial charge in [-0.1, -0.05) is 30.3 Å². The van der Waals surface area contributed by atoms with Crippen LogP contribution in [0.4, 0.5) is 5.95 Å². The van der Waals surface area contributed by atoms with Crippen LogP contribution in [0.3, 0.4) is 0 Å². The number of hydrogen-bond donors (Lipinski definition) is 2. The summed E-state index contributed by atoms with van der Waals surface area (Å²) >= 11 is 0. The highest BCUT2D eigenvalue weighted by molar-refractivity contribution is 7.85. The Morgan fingerprint density at radius 3 is 2.62 bits per heavy atom. The molecule has 0 spiro atoms. The fourth-order valence-electron chi connectivity index (χ4n) is 2.54. The van der Waals surface area contributed by atoms with Crippen molar-refractivity contribution < 1.29 is 9.32 Å². The molecule has 126 valence electrons. The van der Waals surface area contributed by atoms with E-state index in [0.29, 0.717) is 24.8 Å². The largest absolute Gasteiger partial charge is 0.392 e. The molecule has 1 heterocycles. The first-order chi connectivity index (χ1) is 11.6. The molecule has 0 unspecified atom stereocenters. The Bertz CT molecular complexity index is 831. The molecule has 0 aliphatic carbocycles. The first kappa shape index (κ1) is 16.7. The summed E-state index contributed by atoms with van der Waals surface area (Å²) in [6.45, 7) is 2.74. The Morgan fingerprint density at radius 2 is 1.88 bits per heavy atom. The molecule has 1 aromatic heterocycles. The molecule has 2 atom stereocenters. The summed E-state index contributed by atoms with van der Waals surface area (Å²) in [5.41, 5.74) is 1.88. The Hall–Kier alpha value is -2.18. The van der Waals surface area contributed by atoms with E-state index in [9.17, 15) is 9.32 Å². The van der Waals surface area contributed by atoms with Crippen LogP contribution in [-0.4, -0.2) is 37.3 Å². The number of aryl methyl sites for hydroxylation is 1. The molecule has 0 bridgehead atoms. The van der Waals surface area contributed by atoms with Crippen LogP contribution in [0.25, 0.3) is 11.0 Å². The predicted molar refractivity (Wildman–Crippen MR) is 97.6 cm³/mol. The van der Waals surface area contributed by atoms with Crippen LogP contribution in [0.15, 0.2) is 59.5 Å². The molecule has 6 heteroatoms. The fourth-order valence-corrected chi connectivity index (χ4v) is 3.58. The zero-order valence-corrected chi connectivity index (χ0v) is 14.4. The normalized spacial score (nSPS) is 13.8. The van der Waals surface area contributed by atoms with Gasteiger partial charge in [0, 0.05) is 23.7 Å². The Kier molecular flexibility index (Phi) is 5.27. The maximum atomic E-state index is 12.5. The third-order valence-electron chi connectivity index (χ3n) is 3.72. The molecular weight excluding hydrogens is 322 g/mol. The van der Waals surface area contributed by atoms with E-state index < -0.39 is 16.9 Å². The third-order valence-corrected chi connectivity index (χ3v) is 5.07. The van der Waals surface area contributed by atoms with Crippen LogP contribution < -0.4 is 5.32 Å². The second kappa shape index (κ2) is 7.59. The van der Waals surface area contributed by atoms with Gasteiger partial charge in [0.25, 0.3) is 0 Å². The highest BCUT2D eigenvalue weighted by atomic mass is 32.2. The van der Waals surface area contributed by atoms with Crippen molar-refractivity contribution in [2.45, 2.75) is 24.5 Å². The quantitative estimate of drug-likeness (QED) is 0.692. The number of fused-ring (bicyclic) bond motifs is 1. The summed E-state index contributed by atoms with van der Waals surface area (Å²) in [4.78, 5) is 5.41. The van der Waals surface area contributed by atoms with Crippen LogP contribution >= 0.6 is 0 Å². The van der Waals surface area contributed by atoms with E-state index in [1.165, 1.54) is 0 Å². The van der Waals surface area contributed by atoms with Crippen molar-refractivity contribution in [1.82, 2.24) is 9.55 Å². The second-order valence-electron chi connectivity index (χ2n) is 5.67. The van der Waals surface area contributed by atoms with Gasteiger partial charge in [0.1, 0.15) is 0 Å². The number of nitrogens with zero attached hydrogens (tertiary/aromatic N) is 2.